The predicted octanol–water partition coefficient (Wildman–Crippen LogP) is -2.73. The van der Waals surface area contributed by atoms with Gasteiger partial charge in [-0.05, 0) is 0 Å². The molecule has 0 aromatic carbocycles. The van der Waals surface area contributed by atoms with Gasteiger partial charge in [-0.1, -0.05) is 6.08 Å². The van der Waals surface area contributed by atoms with Crippen molar-refractivity contribution in [3.63, 3.8) is 0 Å². The van der Waals surface area contributed by atoms with Gasteiger partial charge < -0.3 is 25.8 Å². The van der Waals surface area contributed by atoms with Crippen LogP contribution in [0.1, 0.15) is 6.23 Å². The number of nitrogens with two attached hydrogens (primary N) is 1. The molecule has 11 heteroatoms. The number of fused-ring (bicyclic) bond motifs is 1. The second-order valence-electron chi connectivity index (χ2n) is 5.40. The molecule has 1 fully saturated rings. The Bertz CT molecular complexity index is 899. The van der Waals surface area contributed by atoms with Crippen molar-refractivity contribution in [1.82, 2.24) is 19.1 Å². The predicted molar refractivity (Wildman–Crippen MR) is 82.2 cm³/mol. The van der Waals surface area contributed by atoms with Gasteiger partial charge in [-0.15, -0.1) is 6.58 Å². The maximum Gasteiger partial charge on any atom is 0.333 e. The Morgan fingerprint density at radius 2 is 2.08 bits per heavy atom. The molecule has 0 bridgehead atoms. The lowest BCUT2D eigenvalue weighted by molar-refractivity contribution is -0.0527. The van der Waals surface area contributed by atoms with Crippen molar-refractivity contribution < 1.29 is 20.1 Å². The number of aliphatic hydroxyl groups is 3. The molecular formula is C13H17N5O6. The Kier molecular flexibility index (Phi) is 4.01. The summed E-state index contributed by atoms with van der Waals surface area (Å²) in [4.78, 5) is 31.1. The minimum Gasteiger partial charge on any atom is -0.394 e. The van der Waals surface area contributed by atoms with Crippen molar-refractivity contribution in [1.29, 1.82) is 0 Å². The number of imidazole rings is 1. The number of H-pyrrole nitrogens is 1. The molecule has 24 heavy (non-hydrogen) atoms. The molecule has 130 valence electrons. The van der Waals surface area contributed by atoms with Crippen molar-refractivity contribution in [3.8, 4) is 0 Å². The number of rotatable bonds is 4. The van der Waals surface area contributed by atoms with Crippen LogP contribution in [0.25, 0.3) is 11.2 Å². The summed E-state index contributed by atoms with van der Waals surface area (Å²) in [5, 5.41) is 29.2. The molecule has 4 atom stereocenters. The minimum absolute atomic E-state index is 0.0197. The third-order valence-corrected chi connectivity index (χ3v) is 3.91. The Balaban J connectivity index is 2.29. The number of nitrogens with one attached hydrogen (secondary N) is 1. The SMILES string of the molecule is C=CCn1c(=O)n([C@@H]2OC(CO)C(O)C2O)c2nc(N)[nH]c(=O)c21. The van der Waals surface area contributed by atoms with Crippen molar-refractivity contribution in [2.45, 2.75) is 31.1 Å². The highest BCUT2D eigenvalue weighted by Gasteiger charge is 2.45. The number of allylic oxidation sites excluding steroid dienone is 1. The number of hydrogen-bond donors (Lipinski definition) is 5. The number of nitrogen functional groups attached to an aromatic ring is 1. The summed E-state index contributed by atoms with van der Waals surface area (Å²) in [7, 11) is 0. The van der Waals surface area contributed by atoms with Gasteiger partial charge in [0.2, 0.25) is 5.95 Å². The quantitative estimate of drug-likeness (QED) is 0.374. The van der Waals surface area contributed by atoms with E-state index in [1.165, 1.54) is 6.08 Å². The van der Waals surface area contributed by atoms with Crippen LogP contribution in [-0.4, -0.2) is 59.3 Å². The van der Waals surface area contributed by atoms with E-state index in [9.17, 15) is 24.9 Å². The molecule has 0 amide bonds. The summed E-state index contributed by atoms with van der Waals surface area (Å²) in [6, 6.07) is 0. The van der Waals surface area contributed by atoms with E-state index >= 15 is 0 Å². The second-order valence-corrected chi connectivity index (χ2v) is 5.40. The van der Waals surface area contributed by atoms with Crippen LogP contribution in [0.15, 0.2) is 22.2 Å². The van der Waals surface area contributed by atoms with Crippen LogP contribution in [0, 0.1) is 0 Å². The molecule has 0 aliphatic carbocycles. The van der Waals surface area contributed by atoms with Gasteiger partial charge in [-0.2, -0.15) is 4.98 Å². The van der Waals surface area contributed by atoms with Crippen molar-refractivity contribution >= 4 is 17.1 Å². The van der Waals surface area contributed by atoms with Gasteiger partial charge in [-0.25, -0.2) is 9.36 Å². The van der Waals surface area contributed by atoms with Crippen LogP contribution in [0.2, 0.25) is 0 Å². The van der Waals surface area contributed by atoms with Gasteiger partial charge in [0.25, 0.3) is 5.56 Å². The van der Waals surface area contributed by atoms with Crippen LogP contribution < -0.4 is 17.0 Å². The second kappa shape index (κ2) is 5.87. The molecule has 3 unspecified atom stereocenters. The molecule has 3 rings (SSSR count). The molecule has 1 saturated heterocycles. The van der Waals surface area contributed by atoms with Gasteiger partial charge in [0, 0.05) is 6.54 Å². The Morgan fingerprint density at radius 1 is 1.38 bits per heavy atom. The lowest BCUT2D eigenvalue weighted by atomic mass is 10.1. The molecule has 0 radical (unpaired) electrons. The monoisotopic (exact) mass is 339 g/mol. The zero-order chi connectivity index (χ0) is 17.6. The molecule has 3 heterocycles. The van der Waals surface area contributed by atoms with Crippen molar-refractivity contribution in [2.24, 2.45) is 0 Å². The molecule has 6 N–H and O–H groups in total. The average Bonchev–Trinajstić information content (AvgIpc) is 2.96. The normalized spacial score (nSPS) is 27.0. The van der Waals surface area contributed by atoms with Crippen LogP contribution in [0.4, 0.5) is 5.95 Å². The van der Waals surface area contributed by atoms with Gasteiger partial charge in [0.05, 0.1) is 6.61 Å². The lowest BCUT2D eigenvalue weighted by Crippen LogP contribution is -2.36. The molecule has 1 aliphatic heterocycles. The van der Waals surface area contributed by atoms with E-state index in [4.69, 9.17) is 10.5 Å². The first-order chi connectivity index (χ1) is 11.4. The topological polar surface area (TPSA) is 169 Å². The molecule has 0 spiro atoms. The maximum absolute atomic E-state index is 12.7. The van der Waals surface area contributed by atoms with Crippen LogP contribution in [-0.2, 0) is 11.3 Å². The smallest absolute Gasteiger partial charge is 0.333 e. The van der Waals surface area contributed by atoms with Crippen LogP contribution >= 0.6 is 0 Å². The molecule has 2 aromatic rings. The standard InChI is InChI=1S/C13H17N5O6/c1-2-3-17-6-9(15-12(14)16-10(6)22)18(13(17)23)11-8(21)7(20)5(4-19)24-11/h2,5,7-8,11,19-21H,1,3-4H2,(H3,14,15,16,22)/t5?,7?,8?,11-/m1/s1. The minimum atomic E-state index is -1.50. The first-order valence-electron chi connectivity index (χ1n) is 7.14. The highest BCUT2D eigenvalue weighted by molar-refractivity contribution is 5.71. The summed E-state index contributed by atoms with van der Waals surface area (Å²) in [6.07, 6.45) is -3.88. The van der Waals surface area contributed by atoms with Crippen LogP contribution in [0.5, 0.6) is 0 Å². The number of hydrogen-bond acceptors (Lipinski definition) is 8. The van der Waals surface area contributed by atoms with Crippen molar-refractivity contribution in [2.75, 3.05) is 12.3 Å². The fourth-order valence-corrected chi connectivity index (χ4v) is 2.82. The molecule has 2 aromatic heterocycles. The number of aliphatic hydroxyl groups excluding tert-OH is 3. The Hall–Kier alpha value is -2.47. The van der Waals surface area contributed by atoms with Gasteiger partial charge in [-0.3, -0.25) is 14.3 Å². The van der Waals surface area contributed by atoms with E-state index in [2.05, 4.69) is 16.5 Å². The number of anilines is 1. The number of aromatic amines is 1. The summed E-state index contributed by atoms with van der Waals surface area (Å²) in [5.41, 5.74) is 4.05. The van der Waals surface area contributed by atoms with E-state index in [0.717, 1.165) is 9.13 Å². The first-order valence-corrected chi connectivity index (χ1v) is 7.14. The summed E-state index contributed by atoms with van der Waals surface area (Å²) in [6.45, 7) is 3.00. The Morgan fingerprint density at radius 3 is 2.67 bits per heavy atom. The molecule has 1 aliphatic rings. The van der Waals surface area contributed by atoms with Gasteiger partial charge in [0.1, 0.15) is 18.3 Å². The zero-order valence-electron chi connectivity index (χ0n) is 12.5. The van der Waals surface area contributed by atoms with Gasteiger partial charge >= 0.3 is 5.69 Å². The fraction of sp³-hybridized carbons (Fsp3) is 0.462. The largest absolute Gasteiger partial charge is 0.394 e. The number of ether oxygens (including phenoxy) is 1. The lowest BCUT2D eigenvalue weighted by Gasteiger charge is -2.15. The fourth-order valence-electron chi connectivity index (χ4n) is 2.82. The third kappa shape index (κ3) is 2.26. The number of nitrogens with zero attached hydrogens (tertiary/aromatic N) is 3. The van der Waals surface area contributed by atoms with E-state index in [0.29, 0.717) is 0 Å². The summed E-state index contributed by atoms with van der Waals surface area (Å²) < 4.78 is 7.40. The van der Waals surface area contributed by atoms with E-state index in [-0.39, 0.29) is 23.7 Å². The molecule has 0 saturated carbocycles. The molecular weight excluding hydrogens is 322 g/mol. The summed E-state index contributed by atoms with van der Waals surface area (Å²) in [5.74, 6) is -0.219. The average molecular weight is 339 g/mol. The zero-order valence-corrected chi connectivity index (χ0v) is 12.5. The van der Waals surface area contributed by atoms with Crippen LogP contribution in [0.3, 0.4) is 0 Å². The van der Waals surface area contributed by atoms with Crippen molar-refractivity contribution in [3.05, 3.63) is 33.5 Å². The van der Waals surface area contributed by atoms with E-state index in [1.807, 2.05) is 0 Å². The molecule has 11 nitrogen and oxygen atoms in total. The highest BCUT2D eigenvalue weighted by Crippen LogP contribution is 2.30. The van der Waals surface area contributed by atoms with E-state index in [1.54, 1.807) is 0 Å². The van der Waals surface area contributed by atoms with E-state index < -0.39 is 42.4 Å². The third-order valence-electron chi connectivity index (χ3n) is 3.91. The Labute approximate surface area is 134 Å². The maximum atomic E-state index is 12.7. The number of aromatic nitrogens is 4. The highest BCUT2D eigenvalue weighted by atomic mass is 16.6. The van der Waals surface area contributed by atoms with Gasteiger partial charge in [0.15, 0.2) is 17.4 Å². The first kappa shape index (κ1) is 16.4. The summed E-state index contributed by atoms with van der Waals surface area (Å²) >= 11 is 0.